The molecule has 5 rings (SSSR count). The summed E-state index contributed by atoms with van der Waals surface area (Å²) in [4.78, 5) is 50.4. The van der Waals surface area contributed by atoms with Crippen molar-refractivity contribution in [3.8, 4) is 11.8 Å². The van der Waals surface area contributed by atoms with Gasteiger partial charge >= 0.3 is 6.09 Å². The van der Waals surface area contributed by atoms with Gasteiger partial charge in [0.15, 0.2) is 23.8 Å². The maximum Gasteiger partial charge on any atom is 0.410 e. The Bertz CT molecular complexity index is 1350. The Balaban J connectivity index is 1.21. The zero-order valence-corrected chi connectivity index (χ0v) is 21.9. The number of aliphatic hydroxyl groups is 2. The first-order valence-electron chi connectivity index (χ1n) is 13.3. The Morgan fingerprint density at radius 3 is 2.75 bits per heavy atom. The van der Waals surface area contributed by atoms with Crippen molar-refractivity contribution in [3.63, 3.8) is 0 Å². The molecule has 0 aromatic carbocycles. The molecule has 0 aliphatic carbocycles. The van der Waals surface area contributed by atoms with Crippen LogP contribution in [0.3, 0.4) is 0 Å². The number of likely N-dealkylation sites (N-methyl/N-ethyl adjacent to an activating group) is 1. The highest BCUT2D eigenvalue weighted by Crippen LogP contribution is 2.32. The lowest BCUT2D eigenvalue weighted by atomic mass is 9.94. The van der Waals surface area contributed by atoms with Crippen molar-refractivity contribution in [2.45, 2.75) is 63.3 Å². The zero-order valence-electron chi connectivity index (χ0n) is 21.9. The predicted molar refractivity (Wildman–Crippen MR) is 138 cm³/mol. The molecule has 3 aliphatic rings. The van der Waals surface area contributed by atoms with E-state index in [4.69, 9.17) is 15.2 Å². The van der Waals surface area contributed by atoms with Crippen molar-refractivity contribution in [3.05, 3.63) is 12.2 Å². The van der Waals surface area contributed by atoms with Gasteiger partial charge in [0.25, 0.3) is 5.91 Å². The summed E-state index contributed by atoms with van der Waals surface area (Å²) in [5, 5.41) is 26.2. The Morgan fingerprint density at radius 1 is 1.27 bits per heavy atom. The van der Waals surface area contributed by atoms with Crippen LogP contribution in [0.5, 0.6) is 0 Å². The van der Waals surface area contributed by atoms with E-state index in [9.17, 15) is 24.6 Å². The molecule has 3 saturated heterocycles. The minimum atomic E-state index is -1.44. The molecule has 3 fully saturated rings. The number of rotatable bonds is 5. The molecule has 0 bridgehead atoms. The number of nitrogens with zero attached hydrogens (tertiary/aromatic N) is 5. The number of anilines is 1. The van der Waals surface area contributed by atoms with Gasteiger partial charge in [-0.1, -0.05) is 5.92 Å². The first-order valence-corrected chi connectivity index (χ1v) is 13.3. The van der Waals surface area contributed by atoms with E-state index >= 15 is 0 Å². The van der Waals surface area contributed by atoms with E-state index in [-0.39, 0.29) is 41.1 Å². The monoisotopic (exact) mass is 556 g/mol. The number of amides is 3. The molecule has 5 atom stereocenters. The summed E-state index contributed by atoms with van der Waals surface area (Å²) in [6.45, 7) is 3.52. The first kappa shape index (κ1) is 27.6. The number of fused-ring (bicyclic) bond motifs is 1. The average Bonchev–Trinajstić information content (AvgIpc) is 3.62. The predicted octanol–water partition coefficient (Wildman–Crippen LogP) is -1.36. The van der Waals surface area contributed by atoms with Crippen LogP contribution in [0.4, 0.5) is 10.6 Å². The Morgan fingerprint density at radius 2 is 2.05 bits per heavy atom. The van der Waals surface area contributed by atoms with E-state index in [1.807, 2.05) is 0 Å². The highest BCUT2D eigenvalue weighted by molar-refractivity contribution is 5.83. The molecule has 15 heteroatoms. The molecule has 40 heavy (non-hydrogen) atoms. The van der Waals surface area contributed by atoms with Crippen LogP contribution in [0.1, 0.15) is 44.7 Å². The lowest BCUT2D eigenvalue weighted by Gasteiger charge is -2.31. The van der Waals surface area contributed by atoms with E-state index in [0.29, 0.717) is 32.6 Å². The maximum atomic E-state index is 12.4. The lowest BCUT2D eigenvalue weighted by molar-refractivity contribution is -0.137. The summed E-state index contributed by atoms with van der Waals surface area (Å²) in [7, 11) is 0. The third kappa shape index (κ3) is 5.64. The zero-order chi connectivity index (χ0) is 28.4. The highest BCUT2D eigenvalue weighted by atomic mass is 16.6. The first-order chi connectivity index (χ1) is 19.2. The third-order valence-electron chi connectivity index (χ3n) is 7.24. The molecule has 5 heterocycles. The number of hydrogen-bond donors (Lipinski definition) is 5. The number of hydrogen-bond acceptors (Lipinski definition) is 11. The summed E-state index contributed by atoms with van der Waals surface area (Å²) in [6, 6.07) is 0. The Kier molecular flexibility index (Phi) is 8.01. The van der Waals surface area contributed by atoms with Crippen molar-refractivity contribution >= 4 is 34.9 Å². The Labute approximate surface area is 229 Å². The summed E-state index contributed by atoms with van der Waals surface area (Å²) in [6.07, 6.45) is -2.41. The molecule has 2 unspecified atom stereocenters. The van der Waals surface area contributed by atoms with Gasteiger partial charge in [0, 0.05) is 26.1 Å². The second-order valence-electron chi connectivity index (χ2n) is 10.0. The SMILES string of the molecule is CCNC(=O)[C@H]1O[C@@H](n2cnc3c(N)nc(C#CCC4CCN(C(=O)OC5CNC(=O)C5)CC4)nc32)C(O)[C@H]1O. The van der Waals surface area contributed by atoms with Gasteiger partial charge in [-0.3, -0.25) is 14.2 Å². The van der Waals surface area contributed by atoms with E-state index in [2.05, 4.69) is 37.4 Å². The fraction of sp³-hybridized carbons (Fsp3) is 0.600. The number of nitrogens with two attached hydrogens (primary N) is 1. The number of aliphatic hydroxyl groups excluding tert-OH is 2. The van der Waals surface area contributed by atoms with Crippen LogP contribution in [-0.2, 0) is 19.1 Å². The highest BCUT2D eigenvalue weighted by Gasteiger charge is 2.47. The normalized spacial score (nSPS) is 26.8. The van der Waals surface area contributed by atoms with Crippen molar-refractivity contribution < 1.29 is 34.1 Å². The molecule has 2 aromatic rings. The van der Waals surface area contributed by atoms with Gasteiger partial charge in [0.2, 0.25) is 11.7 Å². The van der Waals surface area contributed by atoms with Gasteiger partial charge in [-0.05, 0) is 31.6 Å². The average molecular weight is 557 g/mol. The standard InChI is InChI=1S/C25H32N8O7/c1-2-27-23(37)20-18(35)19(36)24(40-20)33-12-29-17-21(26)30-15(31-22(17)33)5-3-4-13-6-8-32(9-7-13)25(38)39-14-10-16(34)28-11-14/h12-14,18-20,24,35-36H,2,4,6-11H2,1H3,(H,27,37)(H,28,34)(H2,26,30,31)/t14?,18-,19?,20+,24-/m1/s1. The topological polar surface area (TPSA) is 207 Å². The van der Waals surface area contributed by atoms with Gasteiger partial charge in [0.05, 0.1) is 19.3 Å². The number of imidazole rings is 1. The number of carbonyl (C=O) groups excluding carboxylic acids is 3. The van der Waals surface area contributed by atoms with Crippen LogP contribution < -0.4 is 16.4 Å². The molecule has 6 N–H and O–H groups in total. The molecule has 0 spiro atoms. The van der Waals surface area contributed by atoms with Crippen LogP contribution in [0.15, 0.2) is 6.33 Å². The Hall–Kier alpha value is -4.00. The summed E-state index contributed by atoms with van der Waals surface area (Å²) < 4.78 is 12.5. The van der Waals surface area contributed by atoms with Crippen LogP contribution in [0.2, 0.25) is 0 Å². The van der Waals surface area contributed by atoms with Gasteiger partial charge in [-0.2, -0.15) is 0 Å². The number of likely N-dealkylation sites (tertiary alicyclic amines) is 1. The molecular weight excluding hydrogens is 524 g/mol. The van der Waals surface area contributed by atoms with Crippen LogP contribution in [0, 0.1) is 17.8 Å². The second-order valence-corrected chi connectivity index (χ2v) is 10.0. The van der Waals surface area contributed by atoms with E-state index < -0.39 is 42.6 Å². The quantitative estimate of drug-likeness (QED) is 0.272. The minimum absolute atomic E-state index is 0.0901. The molecular formula is C25H32N8O7. The van der Waals surface area contributed by atoms with E-state index in [1.54, 1.807) is 11.8 Å². The summed E-state index contributed by atoms with van der Waals surface area (Å²) in [5.41, 5.74) is 6.61. The minimum Gasteiger partial charge on any atom is -0.444 e. The molecule has 15 nitrogen and oxygen atoms in total. The van der Waals surface area contributed by atoms with Crippen molar-refractivity contribution in [2.24, 2.45) is 5.92 Å². The fourth-order valence-electron chi connectivity index (χ4n) is 5.03. The van der Waals surface area contributed by atoms with E-state index in [0.717, 1.165) is 12.8 Å². The number of ether oxygens (including phenoxy) is 2. The molecule has 2 aromatic heterocycles. The number of nitrogen functional groups attached to an aromatic ring is 1. The van der Waals surface area contributed by atoms with Crippen molar-refractivity contribution in [1.29, 1.82) is 0 Å². The third-order valence-corrected chi connectivity index (χ3v) is 7.24. The fourth-order valence-corrected chi connectivity index (χ4v) is 5.03. The molecule has 0 saturated carbocycles. The molecule has 214 valence electrons. The van der Waals surface area contributed by atoms with Gasteiger partial charge in [-0.15, -0.1) is 0 Å². The second kappa shape index (κ2) is 11.6. The molecule has 3 amide bonds. The summed E-state index contributed by atoms with van der Waals surface area (Å²) >= 11 is 0. The van der Waals surface area contributed by atoms with Crippen LogP contribution in [-0.4, -0.2) is 103 Å². The number of nitrogens with one attached hydrogen (secondary N) is 2. The molecule has 0 radical (unpaired) electrons. The maximum absolute atomic E-state index is 12.4. The smallest absolute Gasteiger partial charge is 0.410 e. The van der Waals surface area contributed by atoms with Crippen molar-refractivity contribution in [1.82, 2.24) is 35.1 Å². The number of piperidine rings is 1. The largest absolute Gasteiger partial charge is 0.444 e. The number of aromatic nitrogens is 4. The van der Waals surface area contributed by atoms with Gasteiger partial charge in [-0.25, -0.2) is 19.7 Å². The van der Waals surface area contributed by atoms with Crippen molar-refractivity contribution in [2.75, 3.05) is 31.9 Å². The van der Waals surface area contributed by atoms with Gasteiger partial charge < -0.3 is 41.0 Å². The van der Waals surface area contributed by atoms with Crippen LogP contribution in [0.25, 0.3) is 11.2 Å². The summed E-state index contributed by atoms with van der Waals surface area (Å²) in [5.74, 6) is 5.88. The number of carbonyl (C=O) groups is 3. The van der Waals surface area contributed by atoms with Gasteiger partial charge in [0.1, 0.15) is 23.8 Å². The lowest BCUT2D eigenvalue weighted by Crippen LogP contribution is -2.42. The molecule has 3 aliphatic heterocycles. The van der Waals surface area contributed by atoms with E-state index in [1.165, 1.54) is 10.9 Å². The van der Waals surface area contributed by atoms with Crippen LogP contribution >= 0.6 is 0 Å².